The predicted molar refractivity (Wildman–Crippen MR) is 153 cm³/mol. The monoisotopic (exact) mass is 564 g/mol. The molecule has 0 saturated carbocycles. The van der Waals surface area contributed by atoms with Gasteiger partial charge in [-0.15, -0.1) is 0 Å². The molecule has 0 aliphatic heterocycles. The summed E-state index contributed by atoms with van der Waals surface area (Å²) in [5.41, 5.74) is 2.76. The van der Waals surface area contributed by atoms with Crippen molar-refractivity contribution in [2.75, 3.05) is 20.3 Å². The molecular formula is C29H26Cl2N4O4. The van der Waals surface area contributed by atoms with Crippen LogP contribution in [0.15, 0.2) is 82.4 Å². The Morgan fingerprint density at radius 2 is 1.56 bits per heavy atom. The van der Waals surface area contributed by atoms with E-state index in [0.717, 1.165) is 15.7 Å². The van der Waals surface area contributed by atoms with E-state index in [1.165, 1.54) is 11.6 Å². The highest BCUT2D eigenvalue weighted by molar-refractivity contribution is 6.33. The van der Waals surface area contributed by atoms with Crippen LogP contribution in [0.25, 0.3) is 28.2 Å². The molecular weight excluding hydrogens is 539 g/mol. The lowest BCUT2D eigenvalue weighted by molar-refractivity contribution is 0.0616. The lowest BCUT2D eigenvalue weighted by Crippen LogP contribution is -2.39. The Labute approximate surface area is 234 Å². The summed E-state index contributed by atoms with van der Waals surface area (Å²) in [5, 5.41) is 1.02. The molecule has 2 aromatic heterocycles. The first-order valence-corrected chi connectivity index (χ1v) is 13.0. The SMILES string of the molecule is COCCOCc1ccc(Cn2c(=O)n(C)c(=O)c3c2nc(-c2ccccc2Cl)n3-c2ccc(Cl)cc2)cc1. The fraction of sp³-hybridized carbons (Fsp3) is 0.207. The Bertz CT molecular complexity index is 1740. The molecule has 200 valence electrons. The van der Waals surface area contributed by atoms with Crippen molar-refractivity contribution >= 4 is 34.4 Å². The number of hydrogen-bond acceptors (Lipinski definition) is 5. The first-order valence-electron chi connectivity index (χ1n) is 12.3. The zero-order chi connectivity index (χ0) is 27.5. The number of benzene rings is 3. The maximum absolute atomic E-state index is 13.5. The van der Waals surface area contributed by atoms with Crippen molar-refractivity contribution in [3.05, 3.63) is 115 Å². The Balaban J connectivity index is 1.66. The van der Waals surface area contributed by atoms with Crippen LogP contribution in [0, 0.1) is 0 Å². The van der Waals surface area contributed by atoms with Gasteiger partial charge in [0.15, 0.2) is 11.2 Å². The van der Waals surface area contributed by atoms with E-state index in [4.69, 9.17) is 37.7 Å². The largest absolute Gasteiger partial charge is 0.382 e. The molecule has 0 amide bonds. The average molecular weight is 565 g/mol. The van der Waals surface area contributed by atoms with Gasteiger partial charge in [0.05, 0.1) is 31.4 Å². The zero-order valence-electron chi connectivity index (χ0n) is 21.4. The van der Waals surface area contributed by atoms with Crippen molar-refractivity contribution < 1.29 is 9.47 Å². The van der Waals surface area contributed by atoms with Crippen LogP contribution in [0.3, 0.4) is 0 Å². The molecule has 0 atom stereocenters. The standard InChI is InChI=1S/C29H26Cl2N4O4/c1-33-28(36)25-27(34(29(33)37)17-19-7-9-20(10-8-19)18-39-16-15-38-2)32-26(23-5-3-4-6-24(23)31)35(25)22-13-11-21(30)12-14-22/h3-14H,15-18H2,1-2H3. The summed E-state index contributed by atoms with van der Waals surface area (Å²) in [6.07, 6.45) is 0. The van der Waals surface area contributed by atoms with E-state index < -0.39 is 11.2 Å². The van der Waals surface area contributed by atoms with Gasteiger partial charge in [0.1, 0.15) is 5.82 Å². The summed E-state index contributed by atoms with van der Waals surface area (Å²) >= 11 is 12.7. The molecule has 0 aliphatic carbocycles. The van der Waals surface area contributed by atoms with Crippen LogP contribution in [0.5, 0.6) is 0 Å². The Morgan fingerprint density at radius 3 is 2.26 bits per heavy atom. The number of hydrogen-bond donors (Lipinski definition) is 0. The topological polar surface area (TPSA) is 80.3 Å². The minimum absolute atomic E-state index is 0.216. The number of rotatable bonds is 9. The van der Waals surface area contributed by atoms with Crippen molar-refractivity contribution in [1.29, 1.82) is 0 Å². The molecule has 10 heteroatoms. The molecule has 0 fully saturated rings. The number of fused-ring (bicyclic) bond motifs is 1. The molecule has 0 spiro atoms. The number of aromatic nitrogens is 4. The predicted octanol–water partition coefficient (Wildman–Crippen LogP) is 5.07. The molecule has 0 aliphatic rings. The highest BCUT2D eigenvalue weighted by atomic mass is 35.5. The molecule has 0 bridgehead atoms. The molecule has 2 heterocycles. The van der Waals surface area contributed by atoms with Gasteiger partial charge >= 0.3 is 5.69 Å². The highest BCUT2D eigenvalue weighted by Crippen LogP contribution is 2.32. The number of methoxy groups -OCH3 is 1. The van der Waals surface area contributed by atoms with E-state index >= 15 is 0 Å². The van der Waals surface area contributed by atoms with E-state index in [1.807, 2.05) is 42.5 Å². The summed E-state index contributed by atoms with van der Waals surface area (Å²) in [5.74, 6) is 0.443. The van der Waals surface area contributed by atoms with Gasteiger partial charge in [0.2, 0.25) is 0 Å². The quantitative estimate of drug-likeness (QED) is 0.233. The summed E-state index contributed by atoms with van der Waals surface area (Å²) in [6, 6.07) is 22.1. The van der Waals surface area contributed by atoms with E-state index in [2.05, 4.69) is 0 Å². The number of ether oxygens (including phenoxy) is 2. The van der Waals surface area contributed by atoms with E-state index in [0.29, 0.717) is 46.9 Å². The molecule has 3 aromatic carbocycles. The Kier molecular flexibility index (Phi) is 7.99. The first-order chi connectivity index (χ1) is 18.9. The van der Waals surface area contributed by atoms with Crippen LogP contribution in [-0.4, -0.2) is 39.0 Å². The van der Waals surface area contributed by atoms with Crippen LogP contribution in [0.4, 0.5) is 0 Å². The summed E-state index contributed by atoms with van der Waals surface area (Å²) in [6.45, 7) is 1.71. The molecule has 0 saturated heterocycles. The third kappa shape index (κ3) is 5.42. The second-order valence-corrected chi connectivity index (χ2v) is 9.84. The van der Waals surface area contributed by atoms with Crippen LogP contribution in [0.2, 0.25) is 10.0 Å². The fourth-order valence-electron chi connectivity index (χ4n) is 4.37. The van der Waals surface area contributed by atoms with Crippen molar-refractivity contribution in [3.8, 4) is 17.1 Å². The van der Waals surface area contributed by atoms with E-state index in [-0.39, 0.29) is 17.7 Å². The third-order valence-corrected chi connectivity index (χ3v) is 6.99. The van der Waals surface area contributed by atoms with Crippen LogP contribution in [0.1, 0.15) is 11.1 Å². The summed E-state index contributed by atoms with van der Waals surface area (Å²) < 4.78 is 14.9. The van der Waals surface area contributed by atoms with Gasteiger partial charge in [-0.05, 0) is 47.5 Å². The second-order valence-electron chi connectivity index (χ2n) is 8.99. The Morgan fingerprint density at radius 1 is 0.872 bits per heavy atom. The third-order valence-electron chi connectivity index (χ3n) is 6.40. The van der Waals surface area contributed by atoms with Crippen LogP contribution < -0.4 is 11.2 Å². The maximum Gasteiger partial charge on any atom is 0.332 e. The zero-order valence-corrected chi connectivity index (χ0v) is 22.9. The lowest BCUT2D eigenvalue weighted by atomic mass is 10.1. The number of imidazole rings is 1. The average Bonchev–Trinajstić information content (AvgIpc) is 3.34. The van der Waals surface area contributed by atoms with Gasteiger partial charge in [-0.2, -0.15) is 0 Å². The number of halogens is 2. The molecule has 0 unspecified atom stereocenters. The molecule has 8 nitrogen and oxygen atoms in total. The maximum atomic E-state index is 13.5. The molecule has 5 rings (SSSR count). The van der Waals surface area contributed by atoms with Crippen LogP contribution >= 0.6 is 23.2 Å². The van der Waals surface area contributed by atoms with Crippen molar-refractivity contribution in [3.63, 3.8) is 0 Å². The van der Waals surface area contributed by atoms with Crippen molar-refractivity contribution in [1.82, 2.24) is 18.7 Å². The van der Waals surface area contributed by atoms with Gasteiger partial charge in [-0.1, -0.05) is 59.6 Å². The lowest BCUT2D eigenvalue weighted by Gasteiger charge is -2.12. The van der Waals surface area contributed by atoms with Crippen molar-refractivity contribution in [2.24, 2.45) is 7.05 Å². The minimum atomic E-state index is -0.467. The molecule has 0 radical (unpaired) electrons. The van der Waals surface area contributed by atoms with Gasteiger partial charge in [-0.25, -0.2) is 9.78 Å². The van der Waals surface area contributed by atoms with Gasteiger partial charge < -0.3 is 9.47 Å². The van der Waals surface area contributed by atoms with E-state index in [9.17, 15) is 9.59 Å². The smallest absolute Gasteiger partial charge is 0.332 e. The fourth-order valence-corrected chi connectivity index (χ4v) is 4.72. The van der Waals surface area contributed by atoms with Gasteiger partial charge in [0, 0.05) is 30.4 Å². The molecule has 39 heavy (non-hydrogen) atoms. The summed E-state index contributed by atoms with van der Waals surface area (Å²) in [7, 11) is 3.10. The second kappa shape index (κ2) is 11.6. The Hall–Kier alpha value is -3.69. The van der Waals surface area contributed by atoms with Crippen molar-refractivity contribution in [2.45, 2.75) is 13.2 Å². The van der Waals surface area contributed by atoms with Gasteiger partial charge in [0.25, 0.3) is 5.56 Å². The van der Waals surface area contributed by atoms with Crippen LogP contribution in [-0.2, 0) is 29.7 Å². The summed E-state index contributed by atoms with van der Waals surface area (Å²) in [4.78, 5) is 31.8. The molecule has 0 N–H and O–H groups in total. The minimum Gasteiger partial charge on any atom is -0.382 e. The number of nitrogens with zero attached hydrogens (tertiary/aromatic N) is 4. The van der Waals surface area contributed by atoms with Gasteiger partial charge in [-0.3, -0.25) is 18.5 Å². The van der Waals surface area contributed by atoms with E-state index in [1.54, 1.807) is 42.0 Å². The normalized spacial score (nSPS) is 11.4. The molecule has 5 aromatic rings. The highest BCUT2D eigenvalue weighted by Gasteiger charge is 2.23. The first kappa shape index (κ1) is 26.9.